The molecule has 1 fully saturated rings. The van der Waals surface area contributed by atoms with E-state index in [1.54, 1.807) is 0 Å². The molecule has 0 bridgehead atoms. The lowest BCUT2D eigenvalue weighted by Crippen LogP contribution is -2.10. The molecule has 0 spiro atoms. The number of hydrogen-bond acceptors (Lipinski definition) is 1. The van der Waals surface area contributed by atoms with E-state index in [0.29, 0.717) is 18.3 Å². The van der Waals surface area contributed by atoms with Crippen molar-refractivity contribution in [3.05, 3.63) is 41.7 Å². The van der Waals surface area contributed by atoms with E-state index in [2.05, 4.69) is 27.4 Å². The Balaban J connectivity index is 2.44. The summed E-state index contributed by atoms with van der Waals surface area (Å²) in [5.74, 6) is 0.662. The molecule has 2 heteroatoms. The van der Waals surface area contributed by atoms with E-state index in [9.17, 15) is 4.39 Å². The summed E-state index contributed by atoms with van der Waals surface area (Å²) in [6, 6.07) is 3.30. The minimum absolute atomic E-state index is 0.0675. The molecule has 0 heterocycles. The van der Waals surface area contributed by atoms with Gasteiger partial charge in [0.1, 0.15) is 0 Å². The molecule has 1 saturated carbocycles. The van der Waals surface area contributed by atoms with Gasteiger partial charge in [-0.05, 0) is 48.3 Å². The van der Waals surface area contributed by atoms with Crippen LogP contribution in [0.4, 0.5) is 4.39 Å². The molecule has 0 aromatic heterocycles. The largest absolute Gasteiger partial charge is 0.490 e. The second-order valence-electron chi connectivity index (χ2n) is 6.82. The highest BCUT2D eigenvalue weighted by Gasteiger charge is 2.25. The molecule has 2 rings (SSSR count). The van der Waals surface area contributed by atoms with E-state index in [0.717, 1.165) is 16.7 Å². The maximum Gasteiger partial charge on any atom is 0.165 e. The molecule has 0 aliphatic heterocycles. The van der Waals surface area contributed by atoms with Gasteiger partial charge in [-0.3, -0.25) is 0 Å². The van der Waals surface area contributed by atoms with Crippen molar-refractivity contribution in [2.45, 2.75) is 40.5 Å². The fourth-order valence-electron chi connectivity index (χ4n) is 2.20. The molecular weight excluding hydrogens is 263 g/mol. The summed E-state index contributed by atoms with van der Waals surface area (Å²) in [7, 11) is 0. The summed E-state index contributed by atoms with van der Waals surface area (Å²) in [5.41, 5.74) is 2.69. The molecule has 0 saturated heterocycles. The number of hydrogen-bond donors (Lipinski definition) is 0. The van der Waals surface area contributed by atoms with Gasteiger partial charge in [0.25, 0.3) is 0 Å². The lowest BCUT2D eigenvalue weighted by Gasteiger charge is -2.25. The van der Waals surface area contributed by atoms with Crippen LogP contribution in [-0.4, -0.2) is 6.61 Å². The van der Waals surface area contributed by atoms with Crippen LogP contribution in [0.2, 0.25) is 0 Å². The average Bonchev–Trinajstić information content (AvgIpc) is 3.21. The second-order valence-corrected chi connectivity index (χ2v) is 6.82. The third kappa shape index (κ3) is 3.75. The first-order chi connectivity index (χ1) is 9.84. The standard InChI is InChI=1S/C19H25FO/c1-6-7-16-15(13(2)19(3,4)5)10-11-17(20)18(16)21-12-14-8-9-14/h6-7,10-11,14H,2,8-9,12H2,1,3-5H3/b7-6-. The van der Waals surface area contributed by atoms with Crippen LogP contribution in [0.3, 0.4) is 0 Å². The minimum Gasteiger partial charge on any atom is -0.490 e. The normalized spacial score (nSPS) is 15.5. The summed E-state index contributed by atoms with van der Waals surface area (Å²) < 4.78 is 20.0. The van der Waals surface area contributed by atoms with Crippen LogP contribution in [0.25, 0.3) is 11.6 Å². The Bertz CT molecular complexity index is 560. The third-order valence-corrected chi connectivity index (χ3v) is 3.87. The summed E-state index contributed by atoms with van der Waals surface area (Å²) in [6.07, 6.45) is 6.21. The van der Waals surface area contributed by atoms with Crippen molar-refractivity contribution >= 4 is 11.6 Å². The summed E-state index contributed by atoms with van der Waals surface area (Å²) in [4.78, 5) is 0. The summed E-state index contributed by atoms with van der Waals surface area (Å²) >= 11 is 0. The predicted molar refractivity (Wildman–Crippen MR) is 87.8 cm³/mol. The van der Waals surface area contributed by atoms with E-state index in [1.807, 2.05) is 25.1 Å². The molecule has 1 aliphatic rings. The van der Waals surface area contributed by atoms with Gasteiger partial charge in [0.05, 0.1) is 6.61 Å². The Morgan fingerprint density at radius 2 is 2.05 bits per heavy atom. The summed E-state index contributed by atoms with van der Waals surface area (Å²) in [6.45, 7) is 13.1. The molecule has 21 heavy (non-hydrogen) atoms. The van der Waals surface area contributed by atoms with E-state index in [4.69, 9.17) is 4.74 Å². The van der Waals surface area contributed by atoms with Gasteiger partial charge in [-0.25, -0.2) is 4.39 Å². The fraction of sp³-hybridized carbons (Fsp3) is 0.474. The topological polar surface area (TPSA) is 9.23 Å². The van der Waals surface area contributed by atoms with E-state index in [-0.39, 0.29) is 11.2 Å². The SMILES string of the molecule is C=C(c1ccc(F)c(OCC2CC2)c1/C=C\C)C(C)(C)C. The Kier molecular flexibility index (Phi) is 4.55. The summed E-state index contributed by atoms with van der Waals surface area (Å²) in [5, 5.41) is 0. The zero-order valence-corrected chi connectivity index (χ0v) is 13.5. The molecule has 0 amide bonds. The first-order valence-electron chi connectivity index (χ1n) is 7.62. The lowest BCUT2D eigenvalue weighted by atomic mass is 9.81. The smallest absolute Gasteiger partial charge is 0.165 e. The van der Waals surface area contributed by atoms with Gasteiger partial charge in [0, 0.05) is 5.56 Å². The van der Waals surface area contributed by atoms with Crippen molar-refractivity contribution in [3.63, 3.8) is 0 Å². The monoisotopic (exact) mass is 288 g/mol. The fourth-order valence-corrected chi connectivity index (χ4v) is 2.20. The van der Waals surface area contributed by atoms with Crippen molar-refractivity contribution in [1.82, 2.24) is 0 Å². The molecule has 1 nitrogen and oxygen atoms in total. The zero-order chi connectivity index (χ0) is 15.6. The Labute approximate surface area is 127 Å². The van der Waals surface area contributed by atoms with Crippen LogP contribution in [0, 0.1) is 17.2 Å². The Morgan fingerprint density at radius 1 is 1.38 bits per heavy atom. The Hall–Kier alpha value is -1.57. The number of halogens is 1. The van der Waals surface area contributed by atoms with Crippen LogP contribution in [0.1, 0.15) is 51.7 Å². The van der Waals surface area contributed by atoms with Gasteiger partial charge in [-0.1, -0.05) is 45.6 Å². The highest BCUT2D eigenvalue weighted by Crippen LogP contribution is 2.39. The van der Waals surface area contributed by atoms with Gasteiger partial charge < -0.3 is 4.74 Å². The first kappa shape index (κ1) is 15.8. The molecule has 1 aliphatic carbocycles. The van der Waals surface area contributed by atoms with Crippen molar-refractivity contribution in [2.24, 2.45) is 11.3 Å². The highest BCUT2D eigenvalue weighted by atomic mass is 19.1. The molecule has 0 unspecified atom stereocenters. The van der Waals surface area contributed by atoms with E-state index in [1.165, 1.54) is 18.9 Å². The van der Waals surface area contributed by atoms with Crippen molar-refractivity contribution in [3.8, 4) is 5.75 Å². The van der Waals surface area contributed by atoms with Crippen LogP contribution in [-0.2, 0) is 0 Å². The van der Waals surface area contributed by atoms with Crippen LogP contribution >= 0.6 is 0 Å². The van der Waals surface area contributed by atoms with Gasteiger partial charge >= 0.3 is 0 Å². The van der Waals surface area contributed by atoms with Crippen LogP contribution in [0.5, 0.6) is 5.75 Å². The molecule has 0 N–H and O–H groups in total. The molecular formula is C19H25FO. The van der Waals surface area contributed by atoms with Crippen molar-refractivity contribution in [2.75, 3.05) is 6.61 Å². The molecule has 1 aromatic carbocycles. The highest BCUT2D eigenvalue weighted by molar-refractivity contribution is 5.78. The molecule has 0 radical (unpaired) electrons. The van der Waals surface area contributed by atoms with E-state index >= 15 is 0 Å². The minimum atomic E-state index is -0.297. The number of benzene rings is 1. The van der Waals surface area contributed by atoms with Gasteiger partial charge in [0.15, 0.2) is 11.6 Å². The van der Waals surface area contributed by atoms with E-state index < -0.39 is 0 Å². The number of ether oxygens (including phenoxy) is 1. The number of rotatable bonds is 5. The molecule has 114 valence electrons. The third-order valence-electron chi connectivity index (χ3n) is 3.87. The van der Waals surface area contributed by atoms with Gasteiger partial charge in [-0.15, -0.1) is 0 Å². The van der Waals surface area contributed by atoms with Gasteiger partial charge in [0.2, 0.25) is 0 Å². The first-order valence-corrected chi connectivity index (χ1v) is 7.62. The van der Waals surface area contributed by atoms with Crippen molar-refractivity contribution < 1.29 is 9.13 Å². The Morgan fingerprint density at radius 3 is 2.57 bits per heavy atom. The quantitative estimate of drug-likeness (QED) is 0.674. The van der Waals surface area contributed by atoms with Crippen LogP contribution < -0.4 is 4.74 Å². The maximum atomic E-state index is 14.2. The molecule has 0 atom stereocenters. The average molecular weight is 288 g/mol. The zero-order valence-electron chi connectivity index (χ0n) is 13.5. The van der Waals surface area contributed by atoms with Crippen LogP contribution in [0.15, 0.2) is 24.8 Å². The lowest BCUT2D eigenvalue weighted by molar-refractivity contribution is 0.284. The second kappa shape index (κ2) is 6.05. The maximum absolute atomic E-state index is 14.2. The number of allylic oxidation sites excluding steroid dienone is 2. The predicted octanol–water partition coefficient (Wildman–Crippen LogP) is 5.71. The van der Waals surface area contributed by atoms with Crippen molar-refractivity contribution in [1.29, 1.82) is 0 Å². The molecule has 1 aromatic rings. The van der Waals surface area contributed by atoms with Gasteiger partial charge in [-0.2, -0.15) is 0 Å².